The summed E-state index contributed by atoms with van der Waals surface area (Å²) in [5.41, 5.74) is 2.91. The Bertz CT molecular complexity index is 1120. The first-order valence-corrected chi connectivity index (χ1v) is 12.0. The van der Waals surface area contributed by atoms with Crippen molar-refractivity contribution in [1.29, 1.82) is 0 Å². The Kier molecular flexibility index (Phi) is 6.50. The fourth-order valence-electron chi connectivity index (χ4n) is 3.30. The number of anilines is 1. The van der Waals surface area contributed by atoms with Gasteiger partial charge in [-0.25, -0.2) is 9.97 Å². The number of carbonyl (C=O) groups is 1. The summed E-state index contributed by atoms with van der Waals surface area (Å²) in [5.74, 6) is -0.0111. The fraction of sp³-hybridized carbons (Fsp3) is 0.261. The summed E-state index contributed by atoms with van der Waals surface area (Å²) in [6, 6.07) is 14.1. The summed E-state index contributed by atoms with van der Waals surface area (Å²) in [4.78, 5) is 25.2. The summed E-state index contributed by atoms with van der Waals surface area (Å²) >= 11 is 3.25. The summed E-state index contributed by atoms with van der Waals surface area (Å²) in [5, 5.41) is 0.753. The number of imidazole rings is 1. The Morgan fingerprint density at radius 1 is 1.20 bits per heavy atom. The van der Waals surface area contributed by atoms with Crippen molar-refractivity contribution in [2.45, 2.75) is 31.2 Å². The average molecular weight is 437 g/mol. The molecule has 0 fully saturated rings. The van der Waals surface area contributed by atoms with Crippen LogP contribution in [-0.4, -0.2) is 33.2 Å². The number of hydrogen-bond acceptors (Lipinski definition) is 5. The van der Waals surface area contributed by atoms with Gasteiger partial charge in [-0.1, -0.05) is 24.3 Å². The molecule has 4 aromatic rings. The monoisotopic (exact) mass is 436 g/mol. The molecule has 0 unspecified atom stereocenters. The molecule has 30 heavy (non-hydrogen) atoms. The molecule has 0 saturated carbocycles. The van der Waals surface area contributed by atoms with E-state index in [9.17, 15) is 4.79 Å². The third kappa shape index (κ3) is 4.57. The highest BCUT2D eigenvalue weighted by molar-refractivity contribution is 7.98. The lowest BCUT2D eigenvalue weighted by Crippen LogP contribution is -2.32. The third-order valence-corrected chi connectivity index (χ3v) is 6.80. The SMILES string of the molecule is CCc1ccc2nc(N(CCCn3ccnc3)C(=O)c3ccc(SC)cc3)sc2c1. The maximum absolute atomic E-state index is 13.4. The molecular formula is C23H24N4OS2. The van der Waals surface area contributed by atoms with Crippen LogP contribution in [0.2, 0.25) is 0 Å². The summed E-state index contributed by atoms with van der Waals surface area (Å²) < 4.78 is 3.15. The highest BCUT2D eigenvalue weighted by Gasteiger charge is 2.21. The van der Waals surface area contributed by atoms with Crippen molar-refractivity contribution in [1.82, 2.24) is 14.5 Å². The molecule has 1 amide bonds. The Morgan fingerprint density at radius 2 is 2.03 bits per heavy atom. The minimum Gasteiger partial charge on any atom is -0.337 e. The minimum absolute atomic E-state index is 0.0111. The topological polar surface area (TPSA) is 51.0 Å². The van der Waals surface area contributed by atoms with Crippen LogP contribution >= 0.6 is 23.1 Å². The normalized spacial score (nSPS) is 11.1. The molecule has 7 heteroatoms. The molecule has 0 bridgehead atoms. The number of nitrogens with zero attached hydrogens (tertiary/aromatic N) is 4. The van der Waals surface area contributed by atoms with Crippen molar-refractivity contribution in [3.8, 4) is 0 Å². The molecule has 2 aromatic heterocycles. The van der Waals surface area contributed by atoms with Crippen molar-refractivity contribution in [3.05, 3.63) is 72.3 Å². The molecule has 0 spiro atoms. The smallest absolute Gasteiger partial charge is 0.260 e. The lowest BCUT2D eigenvalue weighted by atomic mass is 10.2. The molecule has 5 nitrogen and oxygen atoms in total. The van der Waals surface area contributed by atoms with E-state index in [4.69, 9.17) is 4.98 Å². The van der Waals surface area contributed by atoms with Gasteiger partial charge in [0.15, 0.2) is 5.13 Å². The second-order valence-electron chi connectivity index (χ2n) is 6.99. The first kappa shape index (κ1) is 20.6. The molecule has 0 N–H and O–H groups in total. The standard InChI is InChI=1S/C23H24N4OS2/c1-3-17-5-10-20-21(15-17)30-23(25-20)27(13-4-12-26-14-11-24-16-26)22(28)18-6-8-19(29-2)9-7-18/h5-11,14-16H,3-4,12-13H2,1-2H3. The molecule has 4 rings (SSSR count). The number of thiazole rings is 1. The molecular weight excluding hydrogens is 412 g/mol. The maximum atomic E-state index is 13.4. The Morgan fingerprint density at radius 3 is 2.73 bits per heavy atom. The van der Waals surface area contributed by atoms with Gasteiger partial charge >= 0.3 is 0 Å². The molecule has 2 aromatic carbocycles. The van der Waals surface area contributed by atoms with Gasteiger partial charge in [0, 0.05) is 35.9 Å². The molecule has 154 valence electrons. The number of hydrogen-bond donors (Lipinski definition) is 0. The molecule has 0 aliphatic heterocycles. The third-order valence-electron chi connectivity index (χ3n) is 5.02. The number of rotatable bonds is 8. The zero-order chi connectivity index (χ0) is 20.9. The Hall–Kier alpha value is -2.64. The largest absolute Gasteiger partial charge is 0.337 e. The first-order valence-electron chi connectivity index (χ1n) is 9.99. The van der Waals surface area contributed by atoms with Gasteiger partial charge in [-0.2, -0.15) is 0 Å². The van der Waals surface area contributed by atoms with Gasteiger partial charge in [0.1, 0.15) is 0 Å². The van der Waals surface area contributed by atoms with Crippen molar-refractivity contribution < 1.29 is 4.79 Å². The van der Waals surface area contributed by atoms with Crippen molar-refractivity contribution in [3.63, 3.8) is 0 Å². The predicted molar refractivity (Wildman–Crippen MR) is 126 cm³/mol. The van der Waals surface area contributed by atoms with Crippen LogP contribution in [0.5, 0.6) is 0 Å². The first-order chi connectivity index (χ1) is 14.7. The summed E-state index contributed by atoms with van der Waals surface area (Å²) in [6.45, 7) is 3.55. The van der Waals surface area contributed by atoms with E-state index in [0.29, 0.717) is 12.1 Å². The van der Waals surface area contributed by atoms with E-state index >= 15 is 0 Å². The van der Waals surface area contributed by atoms with Crippen LogP contribution in [-0.2, 0) is 13.0 Å². The van der Waals surface area contributed by atoms with E-state index in [1.807, 2.05) is 46.2 Å². The van der Waals surface area contributed by atoms with E-state index < -0.39 is 0 Å². The maximum Gasteiger partial charge on any atom is 0.260 e. The molecule has 2 heterocycles. The number of carbonyl (C=O) groups excluding carboxylic acids is 1. The zero-order valence-corrected chi connectivity index (χ0v) is 18.7. The second kappa shape index (κ2) is 9.45. The predicted octanol–water partition coefficient (Wildman–Crippen LogP) is 5.51. The van der Waals surface area contributed by atoms with Crippen molar-refractivity contribution >= 4 is 44.4 Å². The number of aryl methyl sites for hydroxylation is 2. The van der Waals surface area contributed by atoms with E-state index in [1.165, 1.54) is 5.56 Å². The van der Waals surface area contributed by atoms with Crippen LogP contribution in [0.15, 0.2) is 66.1 Å². The van der Waals surface area contributed by atoms with Gasteiger partial charge < -0.3 is 4.57 Å². The van der Waals surface area contributed by atoms with Crippen LogP contribution < -0.4 is 4.90 Å². The molecule has 0 atom stereocenters. The highest BCUT2D eigenvalue weighted by atomic mass is 32.2. The quantitative estimate of drug-likeness (QED) is 0.342. The van der Waals surface area contributed by atoms with E-state index in [-0.39, 0.29) is 5.91 Å². The number of benzene rings is 2. The van der Waals surface area contributed by atoms with E-state index in [1.54, 1.807) is 35.6 Å². The van der Waals surface area contributed by atoms with E-state index in [2.05, 4.69) is 30.1 Å². The van der Waals surface area contributed by atoms with Crippen LogP contribution in [0.3, 0.4) is 0 Å². The van der Waals surface area contributed by atoms with Gasteiger partial charge in [-0.15, -0.1) is 11.8 Å². The van der Waals surface area contributed by atoms with Crippen molar-refractivity contribution in [2.75, 3.05) is 17.7 Å². The molecule has 0 saturated heterocycles. The number of amides is 1. The van der Waals surface area contributed by atoms with Gasteiger partial charge in [0.05, 0.1) is 16.5 Å². The van der Waals surface area contributed by atoms with Crippen LogP contribution in [0.4, 0.5) is 5.13 Å². The number of thioether (sulfide) groups is 1. The Labute approximate surface area is 184 Å². The van der Waals surface area contributed by atoms with Gasteiger partial charge in [-0.05, 0) is 61.1 Å². The van der Waals surface area contributed by atoms with Crippen LogP contribution in [0, 0.1) is 0 Å². The zero-order valence-electron chi connectivity index (χ0n) is 17.1. The fourth-order valence-corrected chi connectivity index (χ4v) is 4.76. The highest BCUT2D eigenvalue weighted by Crippen LogP contribution is 2.31. The van der Waals surface area contributed by atoms with Gasteiger partial charge in [-0.3, -0.25) is 9.69 Å². The Balaban J connectivity index is 1.62. The summed E-state index contributed by atoms with van der Waals surface area (Å²) in [6.07, 6.45) is 9.36. The van der Waals surface area contributed by atoms with Crippen molar-refractivity contribution in [2.24, 2.45) is 0 Å². The molecule has 0 radical (unpaired) electrons. The lowest BCUT2D eigenvalue weighted by Gasteiger charge is -2.20. The summed E-state index contributed by atoms with van der Waals surface area (Å²) in [7, 11) is 0. The number of aromatic nitrogens is 3. The molecule has 0 aliphatic rings. The number of fused-ring (bicyclic) bond motifs is 1. The van der Waals surface area contributed by atoms with Gasteiger partial charge in [0.25, 0.3) is 5.91 Å². The van der Waals surface area contributed by atoms with E-state index in [0.717, 1.165) is 39.6 Å². The lowest BCUT2D eigenvalue weighted by molar-refractivity contribution is 0.0986. The second-order valence-corrected chi connectivity index (χ2v) is 8.88. The van der Waals surface area contributed by atoms with Crippen LogP contribution in [0.25, 0.3) is 10.2 Å². The minimum atomic E-state index is -0.0111. The van der Waals surface area contributed by atoms with Crippen LogP contribution in [0.1, 0.15) is 29.3 Å². The molecule has 0 aliphatic carbocycles. The van der Waals surface area contributed by atoms with Gasteiger partial charge in [0.2, 0.25) is 0 Å². The average Bonchev–Trinajstić information content (AvgIpc) is 3.45.